The highest BCUT2D eigenvalue weighted by Gasteiger charge is 2.73. The van der Waals surface area contributed by atoms with Crippen LogP contribution in [0.15, 0.2) is 0 Å². The second-order valence-corrected chi connectivity index (χ2v) is 30.8. The predicted molar refractivity (Wildman–Crippen MR) is 113 cm³/mol. The molecule has 4 atom stereocenters. The Hall–Kier alpha value is 1.26. The van der Waals surface area contributed by atoms with Gasteiger partial charge in [0.15, 0.2) is 0 Å². The van der Waals surface area contributed by atoms with Gasteiger partial charge in [-0.1, -0.05) is 0 Å². The van der Waals surface area contributed by atoms with Crippen molar-refractivity contribution in [3.8, 4) is 0 Å². The van der Waals surface area contributed by atoms with Crippen LogP contribution in [0.4, 0.5) is 0 Å². The number of fused-ring (bicyclic) bond motifs is 4. The van der Waals surface area contributed by atoms with Crippen molar-refractivity contribution in [3.05, 3.63) is 0 Å². The monoisotopic (exact) mass is 552 g/mol. The smallest absolute Gasteiger partial charge is 0.397 e. The molecule has 0 N–H and O–H groups in total. The Labute approximate surface area is 179 Å². The predicted octanol–water partition coefficient (Wildman–Crippen LogP) is 0.701. The van der Waals surface area contributed by atoms with E-state index in [0.717, 1.165) is 0 Å². The molecule has 12 nitrogen and oxygen atoms in total. The molecule has 4 heterocycles. The highest BCUT2D eigenvalue weighted by molar-refractivity contribution is 6.98. The Balaban J connectivity index is 1.93. The van der Waals surface area contributed by atoms with E-state index in [-0.39, 0.29) is 0 Å². The molecule has 168 valence electrons. The van der Waals surface area contributed by atoms with E-state index in [4.69, 9.17) is 49.7 Å². The summed E-state index contributed by atoms with van der Waals surface area (Å²) in [6, 6.07) is 0. The quantitative estimate of drug-likeness (QED) is 0.427. The molecule has 0 aromatic heterocycles. The van der Waals surface area contributed by atoms with Crippen LogP contribution in [-0.4, -0.2) is 78.0 Å². The van der Waals surface area contributed by atoms with Crippen molar-refractivity contribution in [2.24, 2.45) is 0 Å². The van der Waals surface area contributed by atoms with Gasteiger partial charge in [-0.15, -0.1) is 0 Å². The molecule has 4 rings (SSSR count). The summed E-state index contributed by atoms with van der Waals surface area (Å²) in [7, 11) is -24.4. The summed E-state index contributed by atoms with van der Waals surface area (Å²) in [5.74, 6) is 0. The van der Waals surface area contributed by atoms with Crippen molar-refractivity contribution in [3.63, 3.8) is 0 Å². The Kier molecular flexibility index (Phi) is 5.56. The zero-order valence-electron chi connectivity index (χ0n) is 18.0. The minimum Gasteiger partial charge on any atom is -0.397 e. The van der Waals surface area contributed by atoms with E-state index in [1.807, 2.05) is 6.55 Å². The molecule has 0 spiro atoms. The molecule has 20 heteroatoms. The van der Waals surface area contributed by atoms with Gasteiger partial charge in [0.1, 0.15) is 0 Å². The van der Waals surface area contributed by atoms with Crippen LogP contribution in [0, 0.1) is 0 Å². The first kappa shape index (κ1) is 23.4. The van der Waals surface area contributed by atoms with Crippen molar-refractivity contribution < 1.29 is 49.7 Å². The third kappa shape index (κ3) is 4.66. The van der Waals surface area contributed by atoms with Crippen LogP contribution in [0.1, 0.15) is 0 Å². The van der Waals surface area contributed by atoms with Crippen LogP contribution in [0.3, 0.4) is 0 Å². The van der Waals surface area contributed by atoms with Crippen molar-refractivity contribution in [2.75, 3.05) is 7.11 Å². The van der Waals surface area contributed by atoms with E-state index >= 15 is 0 Å². The first-order chi connectivity index (χ1) is 13.0. The normalized spacial score (nSPS) is 60.5. The van der Waals surface area contributed by atoms with Crippen molar-refractivity contribution in [1.82, 2.24) is 0 Å². The lowest BCUT2D eigenvalue weighted by molar-refractivity contribution is 0.0105. The topological polar surface area (TPSA) is 111 Å². The van der Waals surface area contributed by atoms with E-state index < -0.39 is 70.9 Å². The summed E-state index contributed by atoms with van der Waals surface area (Å²) in [4.78, 5) is 0. The van der Waals surface area contributed by atoms with E-state index in [1.54, 1.807) is 45.8 Å². The maximum Gasteiger partial charge on any atom is 0.482 e. The fourth-order valence-electron chi connectivity index (χ4n) is 4.15. The summed E-state index contributed by atoms with van der Waals surface area (Å²) in [6.07, 6.45) is 0. The molecule has 0 aliphatic carbocycles. The first-order valence-electron chi connectivity index (χ1n) is 9.24. The zero-order chi connectivity index (χ0) is 21.6. The minimum atomic E-state index is -3.45. The first-order valence-corrected chi connectivity index (χ1v) is 26.9. The van der Waals surface area contributed by atoms with E-state index in [9.17, 15) is 0 Å². The molecular formula is C9H28O12Si8. The van der Waals surface area contributed by atoms with Gasteiger partial charge in [-0.2, -0.15) is 0 Å². The van der Waals surface area contributed by atoms with E-state index in [0.29, 0.717) is 0 Å². The highest BCUT2D eigenvalue weighted by Crippen LogP contribution is 2.43. The summed E-state index contributed by atoms with van der Waals surface area (Å²) in [5, 5.41) is 0. The van der Waals surface area contributed by atoms with Gasteiger partial charge in [0, 0.05) is 52.9 Å². The lowest BCUT2D eigenvalue weighted by Crippen LogP contribution is -2.81. The Bertz CT molecular complexity index is 654. The SMILES string of the molecule is CO[Si]1(C)O[Si]2(C)O[Si]3(C)O[SiH](C)O[Si]4(C)O[Si](C)(O1)O[Si](C)(O2)O[Si](C)(O3)O4. The third-order valence-electron chi connectivity index (χ3n) is 4.47. The van der Waals surface area contributed by atoms with Gasteiger partial charge in [0.2, 0.25) is 0 Å². The van der Waals surface area contributed by atoms with E-state index in [1.165, 1.54) is 7.11 Å². The van der Waals surface area contributed by atoms with Crippen LogP contribution >= 0.6 is 0 Å². The van der Waals surface area contributed by atoms with Crippen molar-refractivity contribution in [2.45, 2.75) is 52.4 Å². The Morgan fingerprint density at radius 2 is 0.759 bits per heavy atom. The lowest BCUT2D eigenvalue weighted by Gasteiger charge is -2.56. The maximum absolute atomic E-state index is 6.43. The largest absolute Gasteiger partial charge is 0.482 e. The molecule has 4 aliphatic heterocycles. The average molecular weight is 553 g/mol. The molecule has 0 saturated carbocycles. The maximum atomic E-state index is 6.43. The molecule has 6 bridgehead atoms. The van der Waals surface area contributed by atoms with Crippen molar-refractivity contribution >= 4 is 70.9 Å². The Morgan fingerprint density at radius 1 is 0.483 bits per heavy atom. The van der Waals surface area contributed by atoms with Gasteiger partial charge in [-0.25, -0.2) is 0 Å². The van der Waals surface area contributed by atoms with Gasteiger partial charge in [0.25, 0.3) is 0 Å². The molecule has 0 radical (unpaired) electrons. The average Bonchev–Trinajstić information content (AvgIpc) is 2.36. The molecule has 4 aliphatic rings. The molecule has 4 fully saturated rings. The summed E-state index contributed by atoms with van der Waals surface area (Å²) in [5.41, 5.74) is 0. The van der Waals surface area contributed by atoms with Crippen molar-refractivity contribution in [1.29, 1.82) is 0 Å². The number of rotatable bonds is 1. The molecule has 0 aromatic rings. The summed E-state index contributed by atoms with van der Waals surface area (Å²) < 4.78 is 75.9. The second kappa shape index (κ2) is 6.88. The van der Waals surface area contributed by atoms with Crippen LogP contribution in [0.2, 0.25) is 52.4 Å². The van der Waals surface area contributed by atoms with Crippen LogP contribution < -0.4 is 0 Å². The number of hydrogen-bond donors (Lipinski definition) is 0. The highest BCUT2D eigenvalue weighted by atomic mass is 28.6. The van der Waals surface area contributed by atoms with Gasteiger partial charge in [0.05, 0.1) is 0 Å². The fraction of sp³-hybridized carbons (Fsp3) is 1.00. The molecular weight excluding hydrogens is 525 g/mol. The van der Waals surface area contributed by atoms with Crippen LogP contribution in [0.5, 0.6) is 0 Å². The van der Waals surface area contributed by atoms with Crippen LogP contribution in [0.25, 0.3) is 0 Å². The molecule has 0 amide bonds. The Morgan fingerprint density at radius 3 is 1.07 bits per heavy atom. The summed E-state index contributed by atoms with van der Waals surface area (Å²) in [6.45, 7) is 14.2. The van der Waals surface area contributed by atoms with Gasteiger partial charge >= 0.3 is 70.9 Å². The van der Waals surface area contributed by atoms with Gasteiger partial charge in [-0.3, -0.25) is 0 Å². The zero-order valence-corrected chi connectivity index (χ0v) is 26.1. The minimum absolute atomic E-state index is 1.51. The fourth-order valence-corrected chi connectivity index (χ4v) is 45.1. The lowest BCUT2D eigenvalue weighted by atomic mass is 11.8. The molecule has 4 saturated heterocycles. The standard InChI is InChI=1S/C9H28O12Si8/c1-10-23(3)13-26(6)15-24(4)11-22(2)12-25(5)16-27(7,14-23)20-29(9,19-26)21-28(8,17-24)18-25/h22H,1-9H3. The summed E-state index contributed by atoms with van der Waals surface area (Å²) >= 11 is 0. The van der Waals surface area contributed by atoms with E-state index in [2.05, 4.69) is 0 Å². The third-order valence-corrected chi connectivity index (χ3v) is 38.0. The molecule has 0 aromatic carbocycles. The molecule has 29 heavy (non-hydrogen) atoms. The number of hydrogen-bond acceptors (Lipinski definition) is 12. The van der Waals surface area contributed by atoms with Gasteiger partial charge < -0.3 is 49.7 Å². The van der Waals surface area contributed by atoms with Gasteiger partial charge in [-0.05, 0) is 6.55 Å². The van der Waals surface area contributed by atoms with Crippen LogP contribution in [-0.2, 0) is 49.7 Å². The second-order valence-electron chi connectivity index (χ2n) is 7.96. The molecule has 4 unspecified atom stereocenters.